The Morgan fingerprint density at radius 2 is 2.21 bits per heavy atom. The van der Waals surface area contributed by atoms with Crippen molar-refractivity contribution in [3.8, 4) is 0 Å². The molecule has 0 saturated carbocycles. The van der Waals surface area contributed by atoms with E-state index < -0.39 is 0 Å². The molecule has 0 aliphatic carbocycles. The van der Waals surface area contributed by atoms with E-state index in [-0.39, 0.29) is 11.7 Å². The lowest BCUT2D eigenvalue weighted by atomic mass is 10.2. The van der Waals surface area contributed by atoms with Crippen LogP contribution in [0.5, 0.6) is 0 Å². The molecular weight excluding hydrogens is 264 g/mol. The van der Waals surface area contributed by atoms with E-state index in [0.29, 0.717) is 22.5 Å². The van der Waals surface area contributed by atoms with Crippen LogP contribution in [0.25, 0.3) is 0 Å². The number of nitrogen functional groups attached to an aromatic ring is 1. The van der Waals surface area contributed by atoms with Crippen LogP contribution in [-0.4, -0.2) is 21.9 Å². The number of anilines is 2. The molecule has 0 spiro atoms. The summed E-state index contributed by atoms with van der Waals surface area (Å²) in [5.41, 5.74) is 7.97. The minimum Gasteiger partial charge on any atom is -0.416 e. The number of amides is 1. The Balaban J connectivity index is 1.92. The van der Waals surface area contributed by atoms with Crippen LogP contribution in [0.3, 0.4) is 0 Å². The van der Waals surface area contributed by atoms with Crippen LogP contribution in [-0.2, 0) is 4.79 Å². The average molecular weight is 278 g/mol. The maximum absolute atomic E-state index is 11.8. The van der Waals surface area contributed by atoms with E-state index in [1.165, 1.54) is 11.8 Å². The zero-order chi connectivity index (χ0) is 13.8. The van der Waals surface area contributed by atoms with Gasteiger partial charge in [0.05, 0.1) is 5.75 Å². The first kappa shape index (κ1) is 13.4. The van der Waals surface area contributed by atoms with Crippen molar-refractivity contribution in [2.75, 3.05) is 16.8 Å². The summed E-state index contributed by atoms with van der Waals surface area (Å²) in [5.74, 6) is 0.541. The number of nitrogens with two attached hydrogens (primary N) is 1. The maximum atomic E-state index is 11.8. The van der Waals surface area contributed by atoms with Gasteiger partial charge >= 0.3 is 0 Å². The van der Waals surface area contributed by atoms with Gasteiger partial charge in [0.15, 0.2) is 0 Å². The van der Waals surface area contributed by atoms with Crippen molar-refractivity contribution in [3.63, 3.8) is 0 Å². The fourth-order valence-electron chi connectivity index (χ4n) is 1.42. The second kappa shape index (κ2) is 5.75. The van der Waals surface area contributed by atoms with E-state index in [1.807, 2.05) is 13.0 Å². The average Bonchev–Trinajstić information content (AvgIpc) is 2.77. The van der Waals surface area contributed by atoms with Gasteiger partial charge in [0.1, 0.15) is 0 Å². The topological polar surface area (TPSA) is 94.0 Å². The molecule has 0 unspecified atom stereocenters. The normalized spacial score (nSPS) is 10.4. The summed E-state index contributed by atoms with van der Waals surface area (Å²) in [6.45, 7) is 3.61. The van der Waals surface area contributed by atoms with Gasteiger partial charge in [-0.1, -0.05) is 17.8 Å². The molecule has 2 aromatic rings. The third-order valence-corrected chi connectivity index (χ3v) is 3.19. The van der Waals surface area contributed by atoms with Gasteiger partial charge in [-0.3, -0.25) is 4.79 Å². The Kier molecular flexibility index (Phi) is 4.06. The van der Waals surface area contributed by atoms with Crippen molar-refractivity contribution in [1.82, 2.24) is 10.2 Å². The van der Waals surface area contributed by atoms with Gasteiger partial charge in [-0.2, -0.15) is 0 Å². The first-order chi connectivity index (χ1) is 9.04. The lowest BCUT2D eigenvalue weighted by Crippen LogP contribution is -2.15. The second-order valence-corrected chi connectivity index (χ2v) is 4.92. The van der Waals surface area contributed by atoms with Crippen LogP contribution in [0.4, 0.5) is 11.4 Å². The van der Waals surface area contributed by atoms with E-state index >= 15 is 0 Å². The molecule has 1 aromatic carbocycles. The number of thioether (sulfide) groups is 1. The van der Waals surface area contributed by atoms with Crippen LogP contribution in [0, 0.1) is 13.8 Å². The van der Waals surface area contributed by atoms with E-state index in [4.69, 9.17) is 10.2 Å². The Morgan fingerprint density at radius 1 is 1.42 bits per heavy atom. The molecular formula is C12H14N4O2S. The number of hydrogen-bond donors (Lipinski definition) is 2. The highest BCUT2D eigenvalue weighted by molar-refractivity contribution is 7.99. The van der Waals surface area contributed by atoms with Gasteiger partial charge in [0.25, 0.3) is 5.22 Å². The Labute approximate surface area is 114 Å². The molecule has 6 nitrogen and oxygen atoms in total. The summed E-state index contributed by atoms with van der Waals surface area (Å²) in [6.07, 6.45) is 0. The minimum atomic E-state index is -0.144. The molecule has 0 fully saturated rings. The number of carbonyl (C=O) groups is 1. The Hall–Kier alpha value is -2.02. The van der Waals surface area contributed by atoms with Crippen LogP contribution in [0.15, 0.2) is 27.8 Å². The molecule has 0 saturated heterocycles. The minimum absolute atomic E-state index is 0.144. The first-order valence-electron chi connectivity index (χ1n) is 5.63. The highest BCUT2D eigenvalue weighted by Gasteiger charge is 2.09. The highest BCUT2D eigenvalue weighted by Crippen LogP contribution is 2.20. The molecule has 0 radical (unpaired) electrons. The third-order valence-electron chi connectivity index (χ3n) is 2.37. The molecule has 1 aromatic heterocycles. The monoisotopic (exact) mass is 278 g/mol. The number of rotatable bonds is 4. The zero-order valence-corrected chi connectivity index (χ0v) is 11.5. The van der Waals surface area contributed by atoms with Crippen LogP contribution in [0.2, 0.25) is 0 Å². The van der Waals surface area contributed by atoms with Crippen molar-refractivity contribution in [1.29, 1.82) is 0 Å². The summed E-state index contributed by atoms with van der Waals surface area (Å²) in [7, 11) is 0. The van der Waals surface area contributed by atoms with Gasteiger partial charge in [-0.25, -0.2) is 0 Å². The number of nitrogens with one attached hydrogen (secondary N) is 1. The van der Waals surface area contributed by atoms with E-state index in [1.54, 1.807) is 19.1 Å². The molecule has 7 heteroatoms. The predicted octanol–water partition coefficient (Wildman–Crippen LogP) is 2.00. The van der Waals surface area contributed by atoms with E-state index in [2.05, 4.69) is 15.5 Å². The summed E-state index contributed by atoms with van der Waals surface area (Å²) in [6, 6.07) is 5.38. The number of nitrogens with zero attached hydrogens (tertiary/aromatic N) is 2. The van der Waals surface area contributed by atoms with Crippen molar-refractivity contribution in [2.24, 2.45) is 0 Å². The van der Waals surface area contributed by atoms with Gasteiger partial charge in [-0.05, 0) is 24.6 Å². The standard InChI is InChI=1S/C12H14N4O2S/c1-7-3-4-9(13)5-10(7)14-11(17)6-19-12-16-15-8(2)18-12/h3-5H,6,13H2,1-2H3,(H,14,17). The molecule has 0 aliphatic rings. The van der Waals surface area contributed by atoms with Crippen LogP contribution in [0.1, 0.15) is 11.5 Å². The van der Waals surface area contributed by atoms with Crippen molar-refractivity contribution >= 4 is 29.0 Å². The fourth-order valence-corrected chi connectivity index (χ4v) is 2.03. The Bertz CT molecular complexity index is 597. The van der Waals surface area contributed by atoms with Gasteiger partial charge in [0.2, 0.25) is 11.8 Å². The molecule has 100 valence electrons. The van der Waals surface area contributed by atoms with Crippen LogP contribution < -0.4 is 11.1 Å². The highest BCUT2D eigenvalue weighted by atomic mass is 32.2. The predicted molar refractivity (Wildman–Crippen MR) is 74.0 cm³/mol. The molecule has 0 aliphatic heterocycles. The molecule has 0 atom stereocenters. The summed E-state index contributed by atoms with van der Waals surface area (Å²) < 4.78 is 5.17. The maximum Gasteiger partial charge on any atom is 0.277 e. The van der Waals surface area contributed by atoms with E-state index in [0.717, 1.165) is 5.56 Å². The number of benzene rings is 1. The largest absolute Gasteiger partial charge is 0.416 e. The summed E-state index contributed by atoms with van der Waals surface area (Å²) in [5, 5.41) is 10.7. The Morgan fingerprint density at radius 3 is 2.89 bits per heavy atom. The summed E-state index contributed by atoms with van der Waals surface area (Å²) >= 11 is 1.20. The quantitative estimate of drug-likeness (QED) is 0.656. The zero-order valence-electron chi connectivity index (χ0n) is 10.6. The SMILES string of the molecule is Cc1nnc(SCC(=O)Nc2cc(N)ccc2C)o1. The second-order valence-electron chi connectivity index (χ2n) is 4.00. The fraction of sp³-hybridized carbons (Fsp3) is 0.250. The molecule has 2 rings (SSSR count). The van der Waals surface area contributed by atoms with E-state index in [9.17, 15) is 4.79 Å². The lowest BCUT2D eigenvalue weighted by Gasteiger charge is -2.08. The lowest BCUT2D eigenvalue weighted by molar-refractivity contribution is -0.113. The number of hydrogen-bond acceptors (Lipinski definition) is 6. The van der Waals surface area contributed by atoms with Crippen molar-refractivity contribution in [3.05, 3.63) is 29.7 Å². The molecule has 19 heavy (non-hydrogen) atoms. The number of aryl methyl sites for hydroxylation is 2. The molecule has 1 amide bonds. The van der Waals surface area contributed by atoms with Crippen molar-refractivity contribution in [2.45, 2.75) is 19.1 Å². The number of aromatic nitrogens is 2. The first-order valence-corrected chi connectivity index (χ1v) is 6.62. The molecule has 1 heterocycles. The molecule has 0 bridgehead atoms. The van der Waals surface area contributed by atoms with Crippen molar-refractivity contribution < 1.29 is 9.21 Å². The van der Waals surface area contributed by atoms with Gasteiger partial charge in [-0.15, -0.1) is 10.2 Å². The van der Waals surface area contributed by atoms with Crippen LogP contribution >= 0.6 is 11.8 Å². The summed E-state index contributed by atoms with van der Waals surface area (Å²) in [4.78, 5) is 11.8. The smallest absolute Gasteiger partial charge is 0.277 e. The third kappa shape index (κ3) is 3.72. The molecule has 3 N–H and O–H groups in total. The van der Waals surface area contributed by atoms with Gasteiger partial charge < -0.3 is 15.5 Å². The number of carbonyl (C=O) groups excluding carboxylic acids is 1. The van der Waals surface area contributed by atoms with Gasteiger partial charge in [0, 0.05) is 18.3 Å².